The van der Waals surface area contributed by atoms with E-state index in [9.17, 15) is 19.2 Å². The molecule has 232 valence electrons. The molecule has 0 aliphatic carbocycles. The molecule has 0 radical (unpaired) electrons. The Bertz CT molecular complexity index is 1450. The van der Waals surface area contributed by atoms with E-state index in [4.69, 9.17) is 9.47 Å². The van der Waals surface area contributed by atoms with Gasteiger partial charge in [-0.3, -0.25) is 19.2 Å². The molecule has 10 heteroatoms. The molecule has 0 aliphatic heterocycles. The summed E-state index contributed by atoms with van der Waals surface area (Å²) in [7, 11) is 0. The largest absolute Gasteiger partial charge is 0.483 e. The van der Waals surface area contributed by atoms with E-state index < -0.39 is 0 Å². The van der Waals surface area contributed by atoms with E-state index in [-0.39, 0.29) is 36.8 Å². The predicted molar refractivity (Wildman–Crippen MR) is 170 cm³/mol. The second-order valence-electron chi connectivity index (χ2n) is 9.96. The summed E-state index contributed by atoms with van der Waals surface area (Å²) in [4.78, 5) is 50.1. The molecule has 4 amide bonds. The van der Waals surface area contributed by atoms with Gasteiger partial charge in [-0.15, -0.1) is 0 Å². The molecule has 0 saturated heterocycles. The fourth-order valence-corrected chi connectivity index (χ4v) is 4.22. The minimum atomic E-state index is -0.356. The van der Waals surface area contributed by atoms with Gasteiger partial charge in [-0.1, -0.05) is 84.9 Å². The molecular formula is C35H36N4O6. The van der Waals surface area contributed by atoms with E-state index in [0.29, 0.717) is 55.2 Å². The van der Waals surface area contributed by atoms with Crippen LogP contribution in [0.25, 0.3) is 0 Å². The van der Waals surface area contributed by atoms with Gasteiger partial charge in [-0.2, -0.15) is 0 Å². The molecule has 0 spiro atoms. The fraction of sp³-hybridized carbons (Fsp3) is 0.200. The maximum atomic E-state index is 12.8. The Balaban J connectivity index is 1.16. The Labute approximate surface area is 262 Å². The molecule has 45 heavy (non-hydrogen) atoms. The van der Waals surface area contributed by atoms with Gasteiger partial charge in [0.1, 0.15) is 11.5 Å². The first-order chi connectivity index (χ1) is 22.0. The third-order valence-electron chi connectivity index (χ3n) is 6.57. The van der Waals surface area contributed by atoms with Crippen molar-refractivity contribution >= 4 is 23.6 Å². The van der Waals surface area contributed by atoms with Gasteiger partial charge < -0.3 is 30.7 Å². The van der Waals surface area contributed by atoms with Crippen LogP contribution in [-0.2, 0) is 22.7 Å². The summed E-state index contributed by atoms with van der Waals surface area (Å²) >= 11 is 0. The molecule has 0 bridgehead atoms. The molecule has 4 N–H and O–H groups in total. The highest BCUT2D eigenvalue weighted by Crippen LogP contribution is 2.19. The number of ether oxygens (including phenoxy) is 2. The van der Waals surface area contributed by atoms with Crippen LogP contribution in [0, 0.1) is 0 Å². The molecule has 0 aliphatic rings. The van der Waals surface area contributed by atoms with Crippen molar-refractivity contribution < 1.29 is 28.7 Å². The first-order valence-corrected chi connectivity index (χ1v) is 14.6. The van der Waals surface area contributed by atoms with Crippen molar-refractivity contribution in [3.8, 4) is 11.5 Å². The predicted octanol–water partition coefficient (Wildman–Crippen LogP) is 3.63. The van der Waals surface area contributed by atoms with Crippen molar-refractivity contribution in [1.82, 2.24) is 21.3 Å². The van der Waals surface area contributed by atoms with Crippen molar-refractivity contribution in [2.75, 3.05) is 26.3 Å². The number of hydrogen-bond donors (Lipinski definition) is 4. The Morgan fingerprint density at radius 2 is 0.844 bits per heavy atom. The molecule has 0 fully saturated rings. The smallest absolute Gasteiger partial charge is 0.258 e. The molecule has 0 saturated carbocycles. The summed E-state index contributed by atoms with van der Waals surface area (Å²) < 4.78 is 11.3. The topological polar surface area (TPSA) is 135 Å². The van der Waals surface area contributed by atoms with E-state index in [1.54, 1.807) is 48.5 Å². The zero-order chi connectivity index (χ0) is 31.7. The molecule has 4 aromatic rings. The zero-order valence-corrected chi connectivity index (χ0v) is 24.8. The summed E-state index contributed by atoms with van der Waals surface area (Å²) in [5.41, 5.74) is 2.55. The number of para-hydroxylation sites is 2. The van der Waals surface area contributed by atoms with Crippen LogP contribution in [0.5, 0.6) is 11.5 Å². The zero-order valence-electron chi connectivity index (χ0n) is 24.8. The fourth-order valence-electron chi connectivity index (χ4n) is 4.22. The van der Waals surface area contributed by atoms with E-state index in [1.165, 1.54) is 0 Å². The highest BCUT2D eigenvalue weighted by atomic mass is 16.5. The first kappa shape index (κ1) is 32.3. The lowest BCUT2D eigenvalue weighted by atomic mass is 10.2. The SMILES string of the molecule is O=C(COc1ccccc1C(=O)NCCCNC(=O)c1ccccc1OCC(=O)NCc1ccccc1)NCc1ccccc1. The number of carbonyl (C=O) groups excluding carboxylic acids is 4. The second-order valence-corrected chi connectivity index (χ2v) is 9.96. The van der Waals surface area contributed by atoms with Crippen molar-refractivity contribution in [1.29, 1.82) is 0 Å². The van der Waals surface area contributed by atoms with Crippen LogP contribution in [0.1, 0.15) is 38.3 Å². The maximum absolute atomic E-state index is 12.8. The monoisotopic (exact) mass is 608 g/mol. The third kappa shape index (κ3) is 10.9. The number of hydrogen-bond acceptors (Lipinski definition) is 6. The van der Waals surface area contributed by atoms with Gasteiger partial charge in [-0.25, -0.2) is 0 Å². The maximum Gasteiger partial charge on any atom is 0.258 e. The molecule has 0 heterocycles. The van der Waals surface area contributed by atoms with Crippen LogP contribution < -0.4 is 30.7 Å². The Morgan fingerprint density at radius 1 is 0.467 bits per heavy atom. The summed E-state index contributed by atoms with van der Waals surface area (Å²) in [5.74, 6) is -0.727. The van der Waals surface area contributed by atoms with Gasteiger partial charge in [0.15, 0.2) is 13.2 Å². The molecule has 10 nitrogen and oxygen atoms in total. The van der Waals surface area contributed by atoms with Crippen LogP contribution in [0.4, 0.5) is 0 Å². The first-order valence-electron chi connectivity index (χ1n) is 14.6. The van der Waals surface area contributed by atoms with E-state index in [0.717, 1.165) is 11.1 Å². The third-order valence-corrected chi connectivity index (χ3v) is 6.57. The van der Waals surface area contributed by atoms with Crippen molar-refractivity contribution in [3.05, 3.63) is 131 Å². The Hall–Kier alpha value is -5.64. The summed E-state index contributed by atoms with van der Waals surface area (Å²) in [6.07, 6.45) is 0.466. The lowest BCUT2D eigenvalue weighted by molar-refractivity contribution is -0.124. The number of amides is 4. The molecule has 0 atom stereocenters. The van der Waals surface area contributed by atoms with Gasteiger partial charge in [0, 0.05) is 26.2 Å². The molecule has 0 unspecified atom stereocenters. The van der Waals surface area contributed by atoms with Crippen LogP contribution in [-0.4, -0.2) is 49.9 Å². The van der Waals surface area contributed by atoms with Crippen molar-refractivity contribution in [2.45, 2.75) is 19.5 Å². The highest BCUT2D eigenvalue weighted by Gasteiger charge is 2.15. The quantitative estimate of drug-likeness (QED) is 0.144. The van der Waals surface area contributed by atoms with Crippen LogP contribution >= 0.6 is 0 Å². The van der Waals surface area contributed by atoms with Gasteiger partial charge in [0.25, 0.3) is 23.6 Å². The van der Waals surface area contributed by atoms with Crippen molar-refractivity contribution in [2.24, 2.45) is 0 Å². The lowest BCUT2D eigenvalue weighted by Gasteiger charge is -2.13. The van der Waals surface area contributed by atoms with Gasteiger partial charge >= 0.3 is 0 Å². The van der Waals surface area contributed by atoms with Crippen LogP contribution in [0.3, 0.4) is 0 Å². The van der Waals surface area contributed by atoms with E-state index >= 15 is 0 Å². The second kappa shape index (κ2) is 17.5. The minimum absolute atomic E-state index is 0.229. The highest BCUT2D eigenvalue weighted by molar-refractivity contribution is 5.97. The molecule has 4 rings (SSSR count). The van der Waals surface area contributed by atoms with Gasteiger partial charge in [-0.05, 0) is 41.8 Å². The number of rotatable bonds is 16. The van der Waals surface area contributed by atoms with Crippen LogP contribution in [0.2, 0.25) is 0 Å². The normalized spacial score (nSPS) is 10.3. The average molecular weight is 609 g/mol. The number of nitrogens with one attached hydrogen (secondary N) is 4. The summed E-state index contributed by atoms with van der Waals surface area (Å²) in [6, 6.07) is 32.4. The standard InChI is InChI=1S/C35H36N4O6/c40-32(38-22-26-12-3-1-4-13-26)24-44-30-18-9-7-16-28(30)34(42)36-20-11-21-37-35(43)29-17-8-10-19-31(29)45-25-33(41)39-23-27-14-5-2-6-15-27/h1-10,12-19H,11,20-25H2,(H,36,42)(H,37,43)(H,38,40)(H,39,41). The minimum Gasteiger partial charge on any atom is -0.483 e. The average Bonchev–Trinajstić information content (AvgIpc) is 3.08. The summed E-state index contributed by atoms with van der Waals surface area (Å²) in [5, 5.41) is 11.2. The van der Waals surface area contributed by atoms with Gasteiger partial charge in [0.05, 0.1) is 11.1 Å². The Kier molecular flexibility index (Phi) is 12.5. The van der Waals surface area contributed by atoms with E-state index in [1.807, 2.05) is 60.7 Å². The lowest BCUT2D eigenvalue weighted by Crippen LogP contribution is -2.31. The van der Waals surface area contributed by atoms with Crippen molar-refractivity contribution in [3.63, 3.8) is 0 Å². The Morgan fingerprint density at radius 3 is 1.27 bits per heavy atom. The number of carbonyl (C=O) groups is 4. The molecule has 0 aromatic heterocycles. The van der Waals surface area contributed by atoms with Crippen LogP contribution in [0.15, 0.2) is 109 Å². The molecule has 4 aromatic carbocycles. The molecular weight excluding hydrogens is 572 g/mol. The number of benzene rings is 4. The van der Waals surface area contributed by atoms with E-state index in [2.05, 4.69) is 21.3 Å². The summed E-state index contributed by atoms with van der Waals surface area (Å²) in [6.45, 7) is 0.897. The van der Waals surface area contributed by atoms with Gasteiger partial charge in [0.2, 0.25) is 0 Å².